The highest BCUT2D eigenvalue weighted by Crippen LogP contribution is 2.25. The lowest BCUT2D eigenvalue weighted by atomic mass is 10.2. The molecule has 2 aromatic heterocycles. The summed E-state index contributed by atoms with van der Waals surface area (Å²) in [6.45, 7) is 2.56. The molecule has 0 spiro atoms. The van der Waals surface area contributed by atoms with Crippen molar-refractivity contribution in [3.05, 3.63) is 42.7 Å². The second-order valence-corrected chi connectivity index (χ2v) is 6.77. The minimum Gasteiger partial charge on any atom is -0.383 e. The van der Waals surface area contributed by atoms with Gasteiger partial charge in [-0.25, -0.2) is 4.98 Å². The maximum absolute atomic E-state index is 5.25. The van der Waals surface area contributed by atoms with Gasteiger partial charge in [-0.15, -0.1) is 0 Å². The maximum atomic E-state index is 5.25. The minimum atomic E-state index is 0.706. The Hall–Kier alpha value is -1.79. The van der Waals surface area contributed by atoms with E-state index in [2.05, 4.69) is 27.9 Å². The van der Waals surface area contributed by atoms with Crippen LogP contribution >= 0.6 is 11.8 Å². The Labute approximate surface area is 147 Å². The summed E-state index contributed by atoms with van der Waals surface area (Å²) in [6, 6.07) is 10.3. The van der Waals surface area contributed by atoms with Crippen molar-refractivity contribution < 1.29 is 4.74 Å². The standard InChI is InChI=1S/C18H24N4OS/c1-23-14-13-22-17-9-4-3-8-16(17)20-18(22)24-15-6-2-5-11-21-12-7-10-19-21/h3-4,7-10,12H,2,5-6,11,13-15H2,1H3. The maximum Gasteiger partial charge on any atom is 0.169 e. The Kier molecular flexibility index (Phi) is 6.32. The number of unbranched alkanes of at least 4 members (excludes halogenated alkanes) is 2. The Morgan fingerprint density at radius 3 is 2.83 bits per heavy atom. The van der Waals surface area contributed by atoms with Gasteiger partial charge in [0.05, 0.1) is 17.6 Å². The van der Waals surface area contributed by atoms with Crippen LogP contribution in [0.2, 0.25) is 0 Å². The Bertz CT molecular complexity index is 739. The molecule has 3 rings (SSSR count). The van der Waals surface area contributed by atoms with E-state index in [1.165, 1.54) is 24.8 Å². The van der Waals surface area contributed by atoms with Gasteiger partial charge >= 0.3 is 0 Å². The molecule has 6 heteroatoms. The van der Waals surface area contributed by atoms with Crippen LogP contribution in [-0.4, -0.2) is 38.8 Å². The number of hydrogen-bond acceptors (Lipinski definition) is 4. The van der Waals surface area contributed by atoms with Crippen LogP contribution in [0, 0.1) is 0 Å². The van der Waals surface area contributed by atoms with Crippen LogP contribution in [0.1, 0.15) is 19.3 Å². The number of aryl methyl sites for hydroxylation is 1. The fourth-order valence-corrected chi connectivity index (χ4v) is 3.75. The monoisotopic (exact) mass is 344 g/mol. The second kappa shape index (κ2) is 8.89. The number of thioether (sulfide) groups is 1. The summed E-state index contributed by atoms with van der Waals surface area (Å²) >= 11 is 1.85. The zero-order valence-corrected chi connectivity index (χ0v) is 14.9. The van der Waals surface area contributed by atoms with E-state index < -0.39 is 0 Å². The first kappa shape index (κ1) is 17.0. The number of benzene rings is 1. The van der Waals surface area contributed by atoms with Gasteiger partial charge in [0, 0.05) is 38.3 Å². The predicted molar refractivity (Wildman–Crippen MR) is 98.4 cm³/mol. The van der Waals surface area contributed by atoms with Crippen molar-refractivity contribution in [3.8, 4) is 0 Å². The molecule has 2 heterocycles. The molecule has 0 saturated heterocycles. The number of para-hydroxylation sites is 2. The van der Waals surface area contributed by atoms with E-state index in [-0.39, 0.29) is 0 Å². The molecule has 0 fully saturated rings. The molecule has 0 atom stereocenters. The van der Waals surface area contributed by atoms with Crippen molar-refractivity contribution in [2.24, 2.45) is 0 Å². The van der Waals surface area contributed by atoms with Gasteiger partial charge in [-0.05, 0) is 31.0 Å². The van der Waals surface area contributed by atoms with Crippen LogP contribution in [0.5, 0.6) is 0 Å². The molecular weight excluding hydrogens is 320 g/mol. The van der Waals surface area contributed by atoms with E-state index in [1.807, 2.05) is 41.0 Å². The van der Waals surface area contributed by atoms with Crippen LogP contribution < -0.4 is 0 Å². The van der Waals surface area contributed by atoms with Gasteiger partial charge in [-0.3, -0.25) is 4.68 Å². The van der Waals surface area contributed by atoms with Crippen molar-refractivity contribution >= 4 is 22.8 Å². The number of hydrogen-bond donors (Lipinski definition) is 0. The molecule has 0 aliphatic carbocycles. The molecule has 24 heavy (non-hydrogen) atoms. The topological polar surface area (TPSA) is 44.9 Å². The van der Waals surface area contributed by atoms with Crippen LogP contribution in [0.3, 0.4) is 0 Å². The summed E-state index contributed by atoms with van der Waals surface area (Å²) < 4.78 is 9.51. The third-order valence-electron chi connectivity index (χ3n) is 3.96. The van der Waals surface area contributed by atoms with Gasteiger partial charge in [0.25, 0.3) is 0 Å². The van der Waals surface area contributed by atoms with Gasteiger partial charge < -0.3 is 9.30 Å². The third-order valence-corrected chi connectivity index (χ3v) is 5.02. The first-order chi connectivity index (χ1) is 11.9. The van der Waals surface area contributed by atoms with E-state index in [0.717, 1.165) is 29.5 Å². The lowest BCUT2D eigenvalue weighted by molar-refractivity contribution is 0.186. The smallest absolute Gasteiger partial charge is 0.169 e. The van der Waals surface area contributed by atoms with E-state index in [4.69, 9.17) is 9.72 Å². The SMILES string of the molecule is COCCn1c(SCCCCCn2cccn2)nc2ccccc21. The summed E-state index contributed by atoms with van der Waals surface area (Å²) in [4.78, 5) is 4.78. The number of nitrogens with zero attached hydrogens (tertiary/aromatic N) is 4. The average molecular weight is 344 g/mol. The normalized spacial score (nSPS) is 11.4. The Balaban J connectivity index is 1.50. The molecule has 5 nitrogen and oxygen atoms in total. The molecule has 0 aliphatic rings. The zero-order chi connectivity index (χ0) is 16.6. The van der Waals surface area contributed by atoms with Gasteiger partial charge in [0.1, 0.15) is 0 Å². The van der Waals surface area contributed by atoms with Gasteiger partial charge in [-0.1, -0.05) is 30.3 Å². The highest BCUT2D eigenvalue weighted by molar-refractivity contribution is 7.99. The number of rotatable bonds is 10. The van der Waals surface area contributed by atoms with Gasteiger partial charge in [-0.2, -0.15) is 5.10 Å². The average Bonchev–Trinajstić information content (AvgIpc) is 3.23. The summed E-state index contributed by atoms with van der Waals surface area (Å²) in [5.41, 5.74) is 2.26. The first-order valence-electron chi connectivity index (χ1n) is 8.43. The molecular formula is C18H24N4OS. The summed E-state index contributed by atoms with van der Waals surface area (Å²) in [5.74, 6) is 1.09. The van der Waals surface area contributed by atoms with Gasteiger partial charge in [0.2, 0.25) is 0 Å². The first-order valence-corrected chi connectivity index (χ1v) is 9.41. The number of ether oxygens (including phenoxy) is 1. The van der Waals surface area contributed by atoms with Crippen LogP contribution in [-0.2, 0) is 17.8 Å². The zero-order valence-electron chi connectivity index (χ0n) is 14.1. The molecule has 0 amide bonds. The van der Waals surface area contributed by atoms with Crippen molar-refractivity contribution in [3.63, 3.8) is 0 Å². The minimum absolute atomic E-state index is 0.706. The summed E-state index contributed by atoms with van der Waals surface area (Å²) in [7, 11) is 1.74. The Morgan fingerprint density at radius 2 is 2.00 bits per heavy atom. The molecule has 0 bridgehead atoms. The van der Waals surface area contributed by atoms with E-state index >= 15 is 0 Å². The number of imidazole rings is 1. The van der Waals surface area contributed by atoms with Crippen molar-refractivity contribution in [2.75, 3.05) is 19.5 Å². The Morgan fingerprint density at radius 1 is 1.08 bits per heavy atom. The highest BCUT2D eigenvalue weighted by Gasteiger charge is 2.10. The fourth-order valence-electron chi connectivity index (χ4n) is 2.71. The predicted octanol–water partition coefficient (Wildman–Crippen LogP) is 3.84. The van der Waals surface area contributed by atoms with Crippen molar-refractivity contribution in [1.82, 2.24) is 19.3 Å². The number of aromatic nitrogens is 4. The highest BCUT2D eigenvalue weighted by atomic mass is 32.2. The fraction of sp³-hybridized carbons (Fsp3) is 0.444. The molecule has 0 radical (unpaired) electrons. The van der Waals surface area contributed by atoms with E-state index in [0.29, 0.717) is 6.61 Å². The molecule has 3 aromatic rings. The van der Waals surface area contributed by atoms with Crippen LogP contribution in [0.25, 0.3) is 11.0 Å². The largest absolute Gasteiger partial charge is 0.383 e. The molecule has 0 N–H and O–H groups in total. The summed E-state index contributed by atoms with van der Waals surface area (Å²) in [6.07, 6.45) is 7.43. The van der Waals surface area contributed by atoms with Crippen LogP contribution in [0.4, 0.5) is 0 Å². The number of fused-ring (bicyclic) bond motifs is 1. The molecule has 128 valence electrons. The van der Waals surface area contributed by atoms with Crippen molar-refractivity contribution in [2.45, 2.75) is 37.5 Å². The summed E-state index contributed by atoms with van der Waals surface area (Å²) in [5, 5.41) is 5.33. The van der Waals surface area contributed by atoms with E-state index in [1.54, 1.807) is 7.11 Å². The van der Waals surface area contributed by atoms with E-state index in [9.17, 15) is 0 Å². The van der Waals surface area contributed by atoms with Gasteiger partial charge in [0.15, 0.2) is 5.16 Å². The lowest BCUT2D eigenvalue weighted by Crippen LogP contribution is -2.05. The second-order valence-electron chi connectivity index (χ2n) is 5.71. The van der Waals surface area contributed by atoms with Crippen LogP contribution in [0.15, 0.2) is 47.9 Å². The van der Waals surface area contributed by atoms with Crippen molar-refractivity contribution in [1.29, 1.82) is 0 Å². The lowest BCUT2D eigenvalue weighted by Gasteiger charge is -2.08. The number of methoxy groups -OCH3 is 1. The third kappa shape index (κ3) is 4.39. The molecule has 0 saturated carbocycles. The molecule has 0 aliphatic heterocycles. The quantitative estimate of drug-likeness (QED) is 0.414. The molecule has 1 aromatic carbocycles. The molecule has 0 unspecified atom stereocenters.